The van der Waals surface area contributed by atoms with Gasteiger partial charge in [0.05, 0.1) is 23.8 Å². The minimum atomic E-state index is 0.307. The van der Waals surface area contributed by atoms with Crippen molar-refractivity contribution in [2.75, 3.05) is 32.8 Å². The first-order valence-electron chi connectivity index (χ1n) is 13.6. The van der Waals surface area contributed by atoms with Crippen molar-refractivity contribution in [1.82, 2.24) is 29.7 Å². The van der Waals surface area contributed by atoms with Gasteiger partial charge in [-0.05, 0) is 68.1 Å². The summed E-state index contributed by atoms with van der Waals surface area (Å²) in [5.74, 6) is 2.35. The van der Waals surface area contributed by atoms with Gasteiger partial charge in [-0.25, -0.2) is 4.98 Å². The van der Waals surface area contributed by atoms with Crippen LogP contribution < -0.4 is 4.74 Å². The molecule has 4 aromatic rings. The van der Waals surface area contributed by atoms with Crippen molar-refractivity contribution in [3.8, 4) is 16.9 Å². The zero-order valence-corrected chi connectivity index (χ0v) is 22.1. The van der Waals surface area contributed by atoms with E-state index in [1.54, 1.807) is 6.20 Å². The molecule has 38 heavy (non-hydrogen) atoms. The number of hydrogen-bond donors (Lipinski definition) is 1. The lowest BCUT2D eigenvalue weighted by atomic mass is 10.0. The zero-order chi connectivity index (χ0) is 26.1. The normalized spacial score (nSPS) is 16.2. The van der Waals surface area contributed by atoms with Gasteiger partial charge in [0.1, 0.15) is 11.6 Å². The van der Waals surface area contributed by atoms with Crippen LogP contribution in [-0.2, 0) is 17.8 Å². The minimum absolute atomic E-state index is 0.307. The second kappa shape index (κ2) is 10.5. The third-order valence-corrected chi connectivity index (χ3v) is 7.39. The highest BCUT2D eigenvalue weighted by Gasteiger charge is 2.34. The number of carbonyl (C=O) groups is 1. The number of ether oxygens (including phenoxy) is 1. The zero-order valence-electron chi connectivity index (χ0n) is 22.1. The van der Waals surface area contributed by atoms with Gasteiger partial charge < -0.3 is 14.6 Å². The van der Waals surface area contributed by atoms with E-state index in [1.165, 1.54) is 5.56 Å². The van der Waals surface area contributed by atoms with Gasteiger partial charge in [-0.15, -0.1) is 0 Å². The number of aromatic amines is 1. The quantitative estimate of drug-likeness (QED) is 0.379. The Hall–Kier alpha value is -3.78. The summed E-state index contributed by atoms with van der Waals surface area (Å²) in [5.41, 5.74) is 7.21. The van der Waals surface area contributed by atoms with Crippen LogP contribution >= 0.6 is 0 Å². The number of benzene rings is 1. The number of hydrogen-bond acceptors (Lipinski definition) is 6. The highest BCUT2D eigenvalue weighted by Crippen LogP contribution is 2.32. The Kier molecular flexibility index (Phi) is 6.81. The highest BCUT2D eigenvalue weighted by atomic mass is 16.5. The molecule has 8 heteroatoms. The third kappa shape index (κ3) is 5.41. The van der Waals surface area contributed by atoms with Gasteiger partial charge in [0.25, 0.3) is 0 Å². The summed E-state index contributed by atoms with van der Waals surface area (Å²) in [7, 11) is 0. The minimum Gasteiger partial charge on any atom is -0.492 e. The molecule has 1 aromatic carbocycles. The molecule has 1 N–H and O–H groups in total. The number of carbonyl (C=O) groups excluding carboxylic acids is 1. The molecular formula is C30H34N6O2. The monoisotopic (exact) mass is 510 g/mol. The van der Waals surface area contributed by atoms with E-state index in [0.717, 1.165) is 90.7 Å². The van der Waals surface area contributed by atoms with Crippen LogP contribution in [0, 0.1) is 12.8 Å². The summed E-state index contributed by atoms with van der Waals surface area (Å²) in [6, 6.07) is 12.6. The van der Waals surface area contributed by atoms with E-state index in [9.17, 15) is 4.79 Å². The molecule has 0 unspecified atom stereocenters. The van der Waals surface area contributed by atoms with Gasteiger partial charge in [-0.3, -0.25) is 19.7 Å². The molecule has 0 radical (unpaired) electrons. The van der Waals surface area contributed by atoms with E-state index in [4.69, 9.17) is 9.72 Å². The van der Waals surface area contributed by atoms with Crippen molar-refractivity contribution in [2.24, 2.45) is 5.92 Å². The molecule has 4 heterocycles. The number of piperazine rings is 1. The first-order chi connectivity index (χ1) is 18.6. The van der Waals surface area contributed by atoms with E-state index < -0.39 is 0 Å². The second-order valence-corrected chi connectivity index (χ2v) is 10.4. The molecule has 1 saturated carbocycles. The standard InChI is InChI=1S/C30H34N6O2/c1-3-38-28-18-32-20(2)14-25(28)23-6-7-26-27(16-23)34-29(33-26)17-24-15-21(8-9-31-24)19-35-10-12-36(13-11-35)30(37)22-4-5-22/h6-9,14-16,18,22H,3-5,10-13,17,19H2,1-2H3,(H,33,34). The Morgan fingerprint density at radius 1 is 1.08 bits per heavy atom. The van der Waals surface area contributed by atoms with Crippen LogP contribution in [0.2, 0.25) is 0 Å². The van der Waals surface area contributed by atoms with Gasteiger partial charge >= 0.3 is 0 Å². The molecule has 1 saturated heterocycles. The molecule has 8 nitrogen and oxygen atoms in total. The maximum Gasteiger partial charge on any atom is 0.225 e. The van der Waals surface area contributed by atoms with E-state index in [0.29, 0.717) is 24.9 Å². The van der Waals surface area contributed by atoms with Crippen LogP contribution in [0.4, 0.5) is 0 Å². The fourth-order valence-corrected chi connectivity index (χ4v) is 5.22. The van der Waals surface area contributed by atoms with E-state index in [2.05, 4.69) is 50.2 Å². The summed E-state index contributed by atoms with van der Waals surface area (Å²) < 4.78 is 5.82. The van der Waals surface area contributed by atoms with Crippen molar-refractivity contribution < 1.29 is 9.53 Å². The summed E-state index contributed by atoms with van der Waals surface area (Å²) in [4.78, 5) is 34.1. The summed E-state index contributed by atoms with van der Waals surface area (Å²) in [5, 5.41) is 0. The van der Waals surface area contributed by atoms with Crippen molar-refractivity contribution in [3.05, 3.63) is 71.6 Å². The molecule has 1 amide bonds. The predicted octanol–water partition coefficient (Wildman–Crippen LogP) is 4.37. The molecule has 1 aliphatic carbocycles. The maximum absolute atomic E-state index is 12.3. The molecule has 1 aliphatic heterocycles. The number of aromatic nitrogens is 4. The average molecular weight is 511 g/mol. The molecule has 196 valence electrons. The van der Waals surface area contributed by atoms with Gasteiger partial charge in [-0.1, -0.05) is 6.07 Å². The Labute approximate surface area is 223 Å². The number of nitrogens with one attached hydrogen (secondary N) is 1. The molecule has 0 atom stereocenters. The summed E-state index contributed by atoms with van der Waals surface area (Å²) in [6.07, 6.45) is 6.47. The topological polar surface area (TPSA) is 87.2 Å². The lowest BCUT2D eigenvalue weighted by Crippen LogP contribution is -2.48. The van der Waals surface area contributed by atoms with Gasteiger partial charge in [0.2, 0.25) is 5.91 Å². The van der Waals surface area contributed by atoms with Crippen LogP contribution in [-0.4, -0.2) is 68.4 Å². The Morgan fingerprint density at radius 3 is 2.71 bits per heavy atom. The largest absolute Gasteiger partial charge is 0.492 e. The first-order valence-corrected chi connectivity index (χ1v) is 13.6. The lowest BCUT2D eigenvalue weighted by molar-refractivity contribution is -0.134. The lowest BCUT2D eigenvalue weighted by Gasteiger charge is -2.35. The van der Waals surface area contributed by atoms with Crippen molar-refractivity contribution in [1.29, 1.82) is 0 Å². The van der Waals surface area contributed by atoms with Crippen LogP contribution in [0.1, 0.15) is 42.5 Å². The molecule has 0 bridgehead atoms. The smallest absolute Gasteiger partial charge is 0.225 e. The average Bonchev–Trinajstić information content (AvgIpc) is 3.70. The number of aryl methyl sites for hydroxylation is 1. The summed E-state index contributed by atoms with van der Waals surface area (Å²) in [6.45, 7) is 8.94. The van der Waals surface area contributed by atoms with E-state index >= 15 is 0 Å². The Bertz CT molecular complexity index is 1450. The summed E-state index contributed by atoms with van der Waals surface area (Å²) >= 11 is 0. The van der Waals surface area contributed by atoms with Gasteiger partial charge in [0, 0.05) is 68.2 Å². The van der Waals surface area contributed by atoms with Crippen LogP contribution in [0.3, 0.4) is 0 Å². The van der Waals surface area contributed by atoms with Gasteiger partial charge in [0.15, 0.2) is 0 Å². The molecule has 6 rings (SSSR count). The second-order valence-electron chi connectivity index (χ2n) is 10.4. The van der Waals surface area contributed by atoms with Crippen LogP contribution in [0.5, 0.6) is 5.75 Å². The SMILES string of the molecule is CCOc1cnc(C)cc1-c1ccc2nc(Cc3cc(CN4CCN(C(=O)C5CC5)CC4)ccn3)[nH]c2c1. The number of amides is 1. The number of rotatable bonds is 8. The maximum atomic E-state index is 12.3. The molecule has 2 fully saturated rings. The molecule has 2 aliphatic rings. The number of imidazole rings is 1. The molecule has 3 aromatic heterocycles. The molecule has 0 spiro atoms. The van der Waals surface area contributed by atoms with Gasteiger partial charge in [-0.2, -0.15) is 0 Å². The van der Waals surface area contributed by atoms with Crippen molar-refractivity contribution in [3.63, 3.8) is 0 Å². The highest BCUT2D eigenvalue weighted by molar-refractivity contribution is 5.83. The fraction of sp³-hybridized carbons (Fsp3) is 0.400. The number of nitrogens with zero attached hydrogens (tertiary/aromatic N) is 5. The van der Waals surface area contributed by atoms with Crippen molar-refractivity contribution in [2.45, 2.75) is 39.7 Å². The number of pyridine rings is 2. The van der Waals surface area contributed by atoms with E-state index in [-0.39, 0.29) is 0 Å². The first kappa shape index (κ1) is 24.6. The number of fused-ring (bicyclic) bond motifs is 1. The molecular weight excluding hydrogens is 476 g/mol. The predicted molar refractivity (Wildman–Crippen MR) is 147 cm³/mol. The van der Waals surface area contributed by atoms with Crippen LogP contribution in [0.15, 0.2) is 48.8 Å². The third-order valence-electron chi connectivity index (χ3n) is 7.39. The fourth-order valence-electron chi connectivity index (χ4n) is 5.22. The van der Waals surface area contributed by atoms with E-state index in [1.807, 2.05) is 31.0 Å². The Morgan fingerprint density at radius 2 is 1.92 bits per heavy atom. The van der Waals surface area contributed by atoms with Crippen LogP contribution in [0.25, 0.3) is 22.2 Å². The van der Waals surface area contributed by atoms with Crippen molar-refractivity contribution >= 4 is 16.9 Å². The number of H-pyrrole nitrogens is 1. The Balaban J connectivity index is 1.13.